The summed E-state index contributed by atoms with van der Waals surface area (Å²) < 4.78 is 0. The van der Waals surface area contributed by atoms with E-state index in [4.69, 9.17) is 0 Å². The van der Waals surface area contributed by atoms with E-state index in [1.54, 1.807) is 12.1 Å². The smallest absolute Gasteiger partial charge is 0.307 e. The highest BCUT2D eigenvalue weighted by atomic mass is 32.2. The molecule has 2 aliphatic rings. The molecule has 2 amide bonds. The van der Waals surface area contributed by atoms with Crippen LogP contribution < -0.4 is 10.2 Å². The third kappa shape index (κ3) is 4.72. The lowest BCUT2D eigenvalue weighted by Gasteiger charge is -2.24. The number of thioether (sulfide) groups is 1. The first-order valence-electron chi connectivity index (χ1n) is 10.8. The molecule has 0 unspecified atom stereocenters. The average Bonchev–Trinajstić information content (AvgIpc) is 3.14. The van der Waals surface area contributed by atoms with Crippen molar-refractivity contribution in [2.45, 2.75) is 37.1 Å². The Bertz CT molecular complexity index is 1050. The van der Waals surface area contributed by atoms with Gasteiger partial charge in [-0.2, -0.15) is 0 Å². The lowest BCUT2D eigenvalue weighted by molar-refractivity contribution is -0.146. The first-order chi connectivity index (χ1) is 15.4. The molecule has 1 heterocycles. The molecule has 2 N–H and O–H groups in total. The second-order valence-electron chi connectivity index (χ2n) is 8.24. The maximum absolute atomic E-state index is 12.9. The van der Waals surface area contributed by atoms with Gasteiger partial charge in [0, 0.05) is 22.3 Å². The number of carbonyl (C=O) groups is 3. The maximum Gasteiger partial charge on any atom is 0.307 e. The molecule has 0 fully saturated rings. The number of fused-ring (bicyclic) bond motifs is 1. The van der Waals surface area contributed by atoms with Crippen molar-refractivity contribution in [2.24, 2.45) is 11.8 Å². The van der Waals surface area contributed by atoms with Gasteiger partial charge >= 0.3 is 5.97 Å². The van der Waals surface area contributed by atoms with E-state index in [1.807, 2.05) is 47.4 Å². The highest BCUT2D eigenvalue weighted by Crippen LogP contribution is 2.33. The summed E-state index contributed by atoms with van der Waals surface area (Å²) in [5.74, 6) is -2.08. The molecular weight excluding hydrogens is 424 g/mol. The second-order valence-corrected chi connectivity index (χ2v) is 9.29. The van der Waals surface area contributed by atoms with Crippen LogP contribution in [0.25, 0.3) is 0 Å². The van der Waals surface area contributed by atoms with Crippen LogP contribution in [0.2, 0.25) is 0 Å². The van der Waals surface area contributed by atoms with Gasteiger partial charge in [0.1, 0.15) is 0 Å². The van der Waals surface area contributed by atoms with Gasteiger partial charge in [-0.15, -0.1) is 11.8 Å². The van der Waals surface area contributed by atoms with E-state index < -0.39 is 17.8 Å². The number of carboxylic acid groups (broad SMARTS) is 1. The molecule has 4 rings (SSSR count). The van der Waals surface area contributed by atoms with Crippen LogP contribution in [0.3, 0.4) is 0 Å². The third-order valence-electron chi connectivity index (χ3n) is 6.05. The molecule has 0 aromatic heterocycles. The molecule has 0 saturated carbocycles. The van der Waals surface area contributed by atoms with Gasteiger partial charge in [-0.3, -0.25) is 14.4 Å². The molecule has 2 aromatic carbocycles. The van der Waals surface area contributed by atoms with E-state index in [0.717, 1.165) is 17.0 Å². The zero-order chi connectivity index (χ0) is 22.7. The summed E-state index contributed by atoms with van der Waals surface area (Å²) in [5, 5.41) is 12.2. The lowest BCUT2D eigenvalue weighted by Crippen LogP contribution is -2.36. The number of carboxylic acids is 1. The predicted molar refractivity (Wildman–Crippen MR) is 126 cm³/mol. The molecule has 0 saturated heterocycles. The first-order valence-corrected chi connectivity index (χ1v) is 11.7. The Hall–Kier alpha value is -3.06. The highest BCUT2D eigenvalue weighted by Gasteiger charge is 2.34. The van der Waals surface area contributed by atoms with Gasteiger partial charge in [0.05, 0.1) is 17.6 Å². The minimum absolute atomic E-state index is 0.0786. The van der Waals surface area contributed by atoms with Crippen LogP contribution in [0.5, 0.6) is 0 Å². The van der Waals surface area contributed by atoms with E-state index in [-0.39, 0.29) is 17.9 Å². The second kappa shape index (κ2) is 9.61. The molecule has 1 aliphatic heterocycles. The van der Waals surface area contributed by atoms with E-state index in [2.05, 4.69) is 18.3 Å². The number of allylic oxidation sites excluding steroid dienone is 2. The summed E-state index contributed by atoms with van der Waals surface area (Å²) in [6, 6.07) is 15.5. The number of benzene rings is 2. The monoisotopic (exact) mass is 450 g/mol. The topological polar surface area (TPSA) is 86.7 Å². The number of carbonyl (C=O) groups excluding carboxylic acids is 2. The van der Waals surface area contributed by atoms with Crippen molar-refractivity contribution >= 4 is 40.9 Å². The Kier molecular flexibility index (Phi) is 6.65. The summed E-state index contributed by atoms with van der Waals surface area (Å²) in [5.41, 5.74) is 2.82. The summed E-state index contributed by atoms with van der Waals surface area (Å²) >= 11 is 1.46. The van der Waals surface area contributed by atoms with Gasteiger partial charge in [0.2, 0.25) is 11.8 Å². The first kappa shape index (κ1) is 22.1. The van der Waals surface area contributed by atoms with Gasteiger partial charge in [-0.1, -0.05) is 30.4 Å². The van der Waals surface area contributed by atoms with Gasteiger partial charge in [0.15, 0.2) is 0 Å². The molecule has 2 aromatic rings. The number of amides is 2. The van der Waals surface area contributed by atoms with E-state index in [9.17, 15) is 19.5 Å². The predicted octanol–water partition coefficient (Wildman–Crippen LogP) is 4.36. The number of rotatable bonds is 6. The summed E-state index contributed by atoms with van der Waals surface area (Å²) in [7, 11) is 0. The van der Waals surface area contributed by atoms with Crippen LogP contribution in [-0.2, 0) is 20.8 Å². The number of aliphatic carboxylic acids is 1. The largest absolute Gasteiger partial charge is 0.481 e. The summed E-state index contributed by atoms with van der Waals surface area (Å²) in [6.45, 7) is 2.07. The molecule has 32 heavy (non-hydrogen) atoms. The maximum atomic E-state index is 12.9. The fourth-order valence-corrected chi connectivity index (χ4v) is 5.16. The molecule has 7 heteroatoms. The Morgan fingerprint density at radius 3 is 2.44 bits per heavy atom. The molecular formula is C25H26N2O4S. The van der Waals surface area contributed by atoms with Crippen molar-refractivity contribution < 1.29 is 19.5 Å². The number of nitrogens with zero attached hydrogens (tertiary/aromatic N) is 1. The molecule has 3 atom stereocenters. The van der Waals surface area contributed by atoms with Crippen LogP contribution in [0, 0.1) is 11.8 Å². The molecule has 166 valence electrons. The van der Waals surface area contributed by atoms with E-state index >= 15 is 0 Å². The van der Waals surface area contributed by atoms with Gasteiger partial charge in [0.25, 0.3) is 0 Å². The minimum Gasteiger partial charge on any atom is -0.481 e. The van der Waals surface area contributed by atoms with Crippen molar-refractivity contribution in [3.05, 3.63) is 66.2 Å². The van der Waals surface area contributed by atoms with Crippen LogP contribution in [-0.4, -0.2) is 34.7 Å². The number of hydrogen-bond donors (Lipinski definition) is 2. The molecule has 0 bridgehead atoms. The van der Waals surface area contributed by atoms with Gasteiger partial charge in [-0.05, 0) is 62.1 Å². The zero-order valence-electron chi connectivity index (χ0n) is 17.9. The standard InChI is InChI=1S/C25H26N2O4S/c1-16-14-17-6-2-5-9-22(17)27(16)23(28)15-32-19-12-10-18(11-13-19)26-24(29)20-7-3-4-8-21(20)25(30)31/h2-6,9-13,16,20-21H,7-8,14-15H2,1H3,(H,26,29)(H,30,31)/t16-,20+,21-/m0/s1. The average molecular weight is 451 g/mol. The fourth-order valence-electron chi connectivity index (χ4n) is 4.41. The molecule has 6 nitrogen and oxygen atoms in total. The Morgan fingerprint density at radius 2 is 1.72 bits per heavy atom. The molecule has 0 spiro atoms. The van der Waals surface area contributed by atoms with E-state index in [0.29, 0.717) is 24.3 Å². The normalized spacial score (nSPS) is 21.8. The van der Waals surface area contributed by atoms with Crippen LogP contribution in [0.4, 0.5) is 11.4 Å². The molecule has 0 radical (unpaired) electrons. The van der Waals surface area contributed by atoms with Crippen molar-refractivity contribution in [1.82, 2.24) is 0 Å². The number of hydrogen-bond acceptors (Lipinski definition) is 4. The van der Waals surface area contributed by atoms with Crippen LogP contribution in [0.1, 0.15) is 25.3 Å². The third-order valence-corrected chi connectivity index (χ3v) is 7.04. The fraction of sp³-hybridized carbons (Fsp3) is 0.320. The van der Waals surface area contributed by atoms with Crippen LogP contribution in [0.15, 0.2) is 65.6 Å². The number of nitrogens with one attached hydrogen (secondary N) is 1. The Morgan fingerprint density at radius 1 is 1.03 bits per heavy atom. The van der Waals surface area contributed by atoms with Crippen molar-refractivity contribution in [3.8, 4) is 0 Å². The minimum atomic E-state index is -0.944. The van der Waals surface area contributed by atoms with Gasteiger partial charge in [-0.25, -0.2) is 0 Å². The summed E-state index contributed by atoms with van der Waals surface area (Å²) in [6.07, 6.45) is 5.35. The Labute approximate surface area is 191 Å². The van der Waals surface area contributed by atoms with E-state index in [1.165, 1.54) is 17.3 Å². The van der Waals surface area contributed by atoms with Crippen LogP contribution >= 0.6 is 11.8 Å². The highest BCUT2D eigenvalue weighted by molar-refractivity contribution is 8.00. The van der Waals surface area contributed by atoms with Crippen molar-refractivity contribution in [2.75, 3.05) is 16.0 Å². The lowest BCUT2D eigenvalue weighted by atomic mass is 9.82. The number of para-hydroxylation sites is 1. The zero-order valence-corrected chi connectivity index (χ0v) is 18.7. The van der Waals surface area contributed by atoms with Gasteiger partial charge < -0.3 is 15.3 Å². The van der Waals surface area contributed by atoms with Crippen molar-refractivity contribution in [3.63, 3.8) is 0 Å². The number of anilines is 2. The van der Waals surface area contributed by atoms with Crippen molar-refractivity contribution in [1.29, 1.82) is 0 Å². The molecule has 1 aliphatic carbocycles. The SMILES string of the molecule is C[C@H]1Cc2ccccc2N1C(=O)CSc1ccc(NC(=O)[C@@H]2CC=CC[C@@H]2C(=O)O)cc1. The summed E-state index contributed by atoms with van der Waals surface area (Å²) in [4.78, 5) is 39.7. The Balaban J connectivity index is 1.33. The quantitative estimate of drug-likeness (QED) is 0.504.